The van der Waals surface area contributed by atoms with Gasteiger partial charge in [0.05, 0.1) is 0 Å². The Balaban J connectivity index is 1.98. The zero-order chi connectivity index (χ0) is 15.3. The number of nitrogens with zero attached hydrogens (tertiary/aromatic N) is 3. The third-order valence-corrected chi connectivity index (χ3v) is 4.85. The van der Waals surface area contributed by atoms with Gasteiger partial charge in [0.25, 0.3) is 0 Å². The molecule has 0 aromatic heterocycles. The molecule has 120 valence electrons. The predicted octanol–water partition coefficient (Wildman–Crippen LogP) is 1.70. The lowest BCUT2D eigenvalue weighted by molar-refractivity contribution is -0.127. The highest BCUT2D eigenvalue weighted by atomic mass is 16.2. The Morgan fingerprint density at radius 3 is 2.57 bits per heavy atom. The van der Waals surface area contributed by atoms with Crippen molar-refractivity contribution in [3.8, 4) is 0 Å². The van der Waals surface area contributed by atoms with Crippen molar-refractivity contribution in [1.82, 2.24) is 15.1 Å². The molecule has 0 atom stereocenters. The summed E-state index contributed by atoms with van der Waals surface area (Å²) < 4.78 is 0. The second kappa shape index (κ2) is 7.14. The average Bonchev–Trinajstić information content (AvgIpc) is 2.87. The Labute approximate surface area is 128 Å². The number of aliphatic imine (C=N–C) groups is 1. The molecule has 0 aromatic rings. The summed E-state index contributed by atoms with van der Waals surface area (Å²) in [5, 5.41) is 3.35. The number of carbonyl (C=O) groups excluding carboxylic acids is 1. The maximum Gasteiger partial charge on any atom is 0.243 e. The van der Waals surface area contributed by atoms with Crippen molar-refractivity contribution in [3.05, 3.63) is 0 Å². The van der Waals surface area contributed by atoms with Gasteiger partial charge in [-0.05, 0) is 31.6 Å². The van der Waals surface area contributed by atoms with Crippen LogP contribution in [-0.4, -0.2) is 61.9 Å². The van der Waals surface area contributed by atoms with E-state index in [0.717, 1.165) is 25.6 Å². The fraction of sp³-hybridized carbons (Fsp3) is 0.875. The van der Waals surface area contributed by atoms with E-state index in [2.05, 4.69) is 22.1 Å². The fourth-order valence-electron chi connectivity index (χ4n) is 3.54. The van der Waals surface area contributed by atoms with Crippen LogP contribution in [0, 0.1) is 5.41 Å². The molecule has 1 amide bonds. The normalized spacial score (nSPS) is 21.7. The highest BCUT2D eigenvalue weighted by Crippen LogP contribution is 2.43. The number of hydrogen-bond acceptors (Lipinski definition) is 2. The number of nitrogens with one attached hydrogen (secondary N) is 1. The molecular formula is C16H30N4O. The summed E-state index contributed by atoms with van der Waals surface area (Å²) in [5.41, 5.74) is 0.514. The van der Waals surface area contributed by atoms with E-state index in [1.807, 2.05) is 0 Å². The van der Waals surface area contributed by atoms with Crippen molar-refractivity contribution < 1.29 is 4.79 Å². The first-order valence-corrected chi connectivity index (χ1v) is 8.30. The van der Waals surface area contributed by atoms with Gasteiger partial charge in [0, 0.05) is 33.7 Å². The van der Waals surface area contributed by atoms with Crippen LogP contribution in [0.2, 0.25) is 0 Å². The molecule has 2 fully saturated rings. The van der Waals surface area contributed by atoms with Crippen LogP contribution >= 0.6 is 0 Å². The van der Waals surface area contributed by atoms with E-state index >= 15 is 0 Å². The smallest absolute Gasteiger partial charge is 0.243 e. The van der Waals surface area contributed by atoms with Crippen LogP contribution in [0.4, 0.5) is 0 Å². The molecule has 21 heavy (non-hydrogen) atoms. The van der Waals surface area contributed by atoms with Crippen molar-refractivity contribution in [3.63, 3.8) is 0 Å². The minimum atomic E-state index is 0.0528. The molecule has 1 spiro atoms. The Hall–Kier alpha value is -1.26. The molecule has 0 bridgehead atoms. The molecule has 5 nitrogen and oxygen atoms in total. The molecule has 2 aliphatic rings. The van der Waals surface area contributed by atoms with Gasteiger partial charge in [0.2, 0.25) is 5.91 Å². The minimum Gasteiger partial charge on any atom is -0.357 e. The van der Waals surface area contributed by atoms with Gasteiger partial charge in [-0.25, -0.2) is 4.99 Å². The third kappa shape index (κ3) is 4.11. The Morgan fingerprint density at radius 1 is 1.24 bits per heavy atom. The largest absolute Gasteiger partial charge is 0.357 e. The second-order valence-corrected chi connectivity index (χ2v) is 6.69. The molecule has 0 unspecified atom stereocenters. The molecular weight excluding hydrogens is 264 g/mol. The van der Waals surface area contributed by atoms with Gasteiger partial charge < -0.3 is 15.1 Å². The van der Waals surface area contributed by atoms with Crippen LogP contribution in [0.15, 0.2) is 4.99 Å². The molecule has 5 heteroatoms. The molecule has 2 rings (SSSR count). The maximum atomic E-state index is 11.7. The number of carbonyl (C=O) groups is 1. The van der Waals surface area contributed by atoms with E-state index in [-0.39, 0.29) is 12.5 Å². The van der Waals surface area contributed by atoms with Crippen molar-refractivity contribution >= 4 is 11.9 Å². The topological polar surface area (TPSA) is 47.9 Å². The van der Waals surface area contributed by atoms with E-state index in [9.17, 15) is 4.79 Å². The van der Waals surface area contributed by atoms with E-state index < -0.39 is 0 Å². The first kappa shape index (κ1) is 16.1. The Kier molecular flexibility index (Phi) is 5.48. The number of likely N-dealkylation sites (N-methyl/N-ethyl adjacent to an activating group) is 1. The highest BCUT2D eigenvalue weighted by molar-refractivity contribution is 5.85. The van der Waals surface area contributed by atoms with Crippen LogP contribution in [-0.2, 0) is 4.79 Å². The van der Waals surface area contributed by atoms with Crippen LogP contribution < -0.4 is 5.32 Å². The van der Waals surface area contributed by atoms with Crippen LogP contribution in [0.5, 0.6) is 0 Å². The zero-order valence-electron chi connectivity index (χ0n) is 13.8. The third-order valence-electron chi connectivity index (χ3n) is 4.85. The number of hydrogen-bond donors (Lipinski definition) is 1. The number of likely N-dealkylation sites (tertiary alicyclic amines) is 1. The number of guanidine groups is 1. The predicted molar refractivity (Wildman–Crippen MR) is 86.4 cm³/mol. The first-order valence-electron chi connectivity index (χ1n) is 8.30. The monoisotopic (exact) mass is 294 g/mol. The molecule has 1 N–H and O–H groups in total. The van der Waals surface area contributed by atoms with Crippen molar-refractivity contribution in [2.75, 3.05) is 40.3 Å². The summed E-state index contributed by atoms with van der Waals surface area (Å²) in [5.74, 6) is 0.965. The molecule has 1 saturated heterocycles. The zero-order valence-corrected chi connectivity index (χ0v) is 13.8. The summed E-state index contributed by atoms with van der Waals surface area (Å²) in [4.78, 5) is 20.2. The van der Waals surface area contributed by atoms with Crippen LogP contribution in [0.25, 0.3) is 0 Å². The lowest BCUT2D eigenvalue weighted by Crippen LogP contribution is -2.42. The summed E-state index contributed by atoms with van der Waals surface area (Å²) >= 11 is 0. The van der Waals surface area contributed by atoms with Gasteiger partial charge in [-0.2, -0.15) is 0 Å². The molecule has 1 saturated carbocycles. The van der Waals surface area contributed by atoms with Gasteiger partial charge in [0.15, 0.2) is 5.96 Å². The summed E-state index contributed by atoms with van der Waals surface area (Å²) in [6.07, 6.45) is 8.15. The van der Waals surface area contributed by atoms with Crippen molar-refractivity contribution in [2.24, 2.45) is 10.4 Å². The van der Waals surface area contributed by atoms with Gasteiger partial charge in [-0.15, -0.1) is 0 Å². The van der Waals surface area contributed by atoms with Crippen LogP contribution in [0.1, 0.15) is 45.4 Å². The Morgan fingerprint density at radius 2 is 1.95 bits per heavy atom. The standard InChI is InChI=1S/C16H30N4O/c1-4-17-15(18-12-14(21)19(2)3)20-11-10-16(13-20)8-6-5-7-9-16/h4-13H2,1-3H3,(H,17,18). The molecule has 1 heterocycles. The first-order chi connectivity index (χ1) is 10.1. The van der Waals surface area contributed by atoms with E-state index in [1.54, 1.807) is 19.0 Å². The fourth-order valence-corrected chi connectivity index (χ4v) is 3.54. The second-order valence-electron chi connectivity index (χ2n) is 6.69. The van der Waals surface area contributed by atoms with E-state index in [1.165, 1.54) is 38.5 Å². The van der Waals surface area contributed by atoms with E-state index in [0.29, 0.717) is 5.41 Å². The highest BCUT2D eigenvalue weighted by Gasteiger charge is 2.39. The summed E-state index contributed by atoms with van der Waals surface area (Å²) in [7, 11) is 3.55. The Bertz CT molecular complexity index is 386. The molecule has 0 aromatic carbocycles. The lowest BCUT2D eigenvalue weighted by Gasteiger charge is -2.33. The molecule has 0 radical (unpaired) electrons. The number of amides is 1. The quantitative estimate of drug-likeness (QED) is 0.636. The van der Waals surface area contributed by atoms with Crippen molar-refractivity contribution in [1.29, 1.82) is 0 Å². The SMILES string of the molecule is CCNC(=NCC(=O)N(C)C)N1CCC2(CCCCC2)C1. The molecule has 1 aliphatic carbocycles. The van der Waals surface area contributed by atoms with Gasteiger partial charge in [-0.3, -0.25) is 4.79 Å². The molecule has 1 aliphatic heterocycles. The van der Waals surface area contributed by atoms with Gasteiger partial charge in [0.1, 0.15) is 6.54 Å². The van der Waals surface area contributed by atoms with Crippen molar-refractivity contribution in [2.45, 2.75) is 45.4 Å². The average molecular weight is 294 g/mol. The van der Waals surface area contributed by atoms with E-state index in [4.69, 9.17) is 0 Å². The lowest BCUT2D eigenvalue weighted by atomic mass is 9.73. The van der Waals surface area contributed by atoms with Gasteiger partial charge in [-0.1, -0.05) is 19.3 Å². The number of rotatable bonds is 3. The summed E-state index contributed by atoms with van der Waals surface area (Å²) in [6, 6.07) is 0. The van der Waals surface area contributed by atoms with Crippen LogP contribution in [0.3, 0.4) is 0 Å². The maximum absolute atomic E-state index is 11.7. The minimum absolute atomic E-state index is 0.0528. The summed E-state index contributed by atoms with van der Waals surface area (Å²) in [6.45, 7) is 5.34. The van der Waals surface area contributed by atoms with Gasteiger partial charge >= 0.3 is 0 Å².